The van der Waals surface area contributed by atoms with Crippen molar-refractivity contribution in [1.29, 1.82) is 0 Å². The van der Waals surface area contributed by atoms with Gasteiger partial charge in [-0.05, 0) is 37.3 Å². The molecule has 2 heteroatoms. The molecule has 2 bridgehead atoms. The van der Waals surface area contributed by atoms with Crippen LogP contribution in [-0.2, 0) is 0 Å². The van der Waals surface area contributed by atoms with E-state index in [0.717, 1.165) is 19.3 Å². The van der Waals surface area contributed by atoms with Crippen LogP contribution in [0.25, 0.3) is 0 Å². The van der Waals surface area contributed by atoms with E-state index >= 15 is 0 Å². The van der Waals surface area contributed by atoms with Crippen LogP contribution in [0, 0.1) is 17.3 Å². The van der Waals surface area contributed by atoms with Crippen LogP contribution in [-0.4, -0.2) is 16.3 Å². The SMILES string of the molecule is OC1=CC23CCC(C2)C(O)C3C=C1. The lowest BCUT2D eigenvalue weighted by Crippen LogP contribution is -2.33. The van der Waals surface area contributed by atoms with Crippen LogP contribution in [0.2, 0.25) is 0 Å². The molecule has 0 aliphatic heterocycles. The zero-order valence-corrected chi connectivity index (χ0v) is 7.48. The van der Waals surface area contributed by atoms with Gasteiger partial charge in [0.25, 0.3) is 0 Å². The fourth-order valence-corrected chi connectivity index (χ4v) is 3.45. The van der Waals surface area contributed by atoms with Crippen molar-refractivity contribution in [3.05, 3.63) is 24.0 Å². The fourth-order valence-electron chi connectivity index (χ4n) is 3.45. The molecule has 1 spiro atoms. The van der Waals surface area contributed by atoms with Crippen LogP contribution in [0.4, 0.5) is 0 Å². The van der Waals surface area contributed by atoms with Crippen LogP contribution in [0.1, 0.15) is 19.3 Å². The van der Waals surface area contributed by atoms with E-state index in [1.165, 1.54) is 0 Å². The molecule has 0 amide bonds. The van der Waals surface area contributed by atoms with Gasteiger partial charge in [0.15, 0.2) is 0 Å². The number of aliphatic hydroxyl groups is 2. The molecule has 0 aromatic carbocycles. The molecule has 3 aliphatic carbocycles. The molecule has 2 nitrogen and oxygen atoms in total. The highest BCUT2D eigenvalue weighted by Crippen LogP contribution is 2.60. The van der Waals surface area contributed by atoms with E-state index in [4.69, 9.17) is 0 Å². The van der Waals surface area contributed by atoms with Crippen LogP contribution >= 0.6 is 0 Å². The molecule has 4 unspecified atom stereocenters. The molecule has 0 radical (unpaired) electrons. The molecule has 2 N–H and O–H groups in total. The largest absolute Gasteiger partial charge is 0.508 e. The molecule has 3 rings (SSSR count). The minimum Gasteiger partial charge on any atom is -0.508 e. The third kappa shape index (κ3) is 0.819. The second-order valence-corrected chi connectivity index (χ2v) is 4.68. The zero-order valence-electron chi connectivity index (χ0n) is 7.48. The molecule has 13 heavy (non-hydrogen) atoms. The van der Waals surface area contributed by atoms with Crippen molar-refractivity contribution in [2.75, 3.05) is 0 Å². The number of rotatable bonds is 0. The van der Waals surface area contributed by atoms with E-state index in [-0.39, 0.29) is 17.4 Å². The molecule has 2 saturated carbocycles. The number of allylic oxidation sites excluding steroid dienone is 2. The minimum atomic E-state index is -0.172. The van der Waals surface area contributed by atoms with Gasteiger partial charge in [-0.1, -0.05) is 6.08 Å². The summed E-state index contributed by atoms with van der Waals surface area (Å²) in [6.07, 6.45) is 8.82. The molecule has 2 fully saturated rings. The predicted molar refractivity (Wildman–Crippen MR) is 49.1 cm³/mol. The van der Waals surface area contributed by atoms with Crippen molar-refractivity contribution >= 4 is 0 Å². The second-order valence-electron chi connectivity index (χ2n) is 4.68. The van der Waals surface area contributed by atoms with Gasteiger partial charge >= 0.3 is 0 Å². The summed E-state index contributed by atoms with van der Waals surface area (Å²) in [7, 11) is 0. The van der Waals surface area contributed by atoms with E-state index in [9.17, 15) is 10.2 Å². The van der Waals surface area contributed by atoms with Crippen LogP contribution in [0.5, 0.6) is 0 Å². The number of aliphatic hydroxyl groups excluding tert-OH is 2. The Morgan fingerprint density at radius 2 is 2.31 bits per heavy atom. The number of fused-ring (bicyclic) bond motifs is 1. The van der Waals surface area contributed by atoms with Gasteiger partial charge in [-0.15, -0.1) is 0 Å². The Balaban J connectivity index is 2.06. The van der Waals surface area contributed by atoms with Gasteiger partial charge in [0.1, 0.15) is 5.76 Å². The summed E-state index contributed by atoms with van der Waals surface area (Å²) in [5, 5.41) is 19.4. The third-order valence-electron chi connectivity index (χ3n) is 4.05. The van der Waals surface area contributed by atoms with E-state index in [1.807, 2.05) is 12.2 Å². The average molecular weight is 178 g/mol. The minimum absolute atomic E-state index is 0.100. The molecule has 70 valence electrons. The first-order valence-electron chi connectivity index (χ1n) is 4.99. The Bertz CT molecular complexity index is 305. The van der Waals surface area contributed by atoms with Crippen molar-refractivity contribution in [3.63, 3.8) is 0 Å². The summed E-state index contributed by atoms with van der Waals surface area (Å²) in [5.74, 6) is 1.12. The van der Waals surface area contributed by atoms with E-state index in [1.54, 1.807) is 6.08 Å². The van der Waals surface area contributed by atoms with Crippen molar-refractivity contribution in [3.8, 4) is 0 Å². The van der Waals surface area contributed by atoms with Gasteiger partial charge in [0.05, 0.1) is 6.10 Å². The summed E-state index contributed by atoms with van der Waals surface area (Å²) < 4.78 is 0. The molecule has 4 atom stereocenters. The monoisotopic (exact) mass is 178 g/mol. The first-order chi connectivity index (χ1) is 6.21. The number of hydrogen-bond donors (Lipinski definition) is 2. The van der Waals surface area contributed by atoms with Gasteiger partial charge < -0.3 is 10.2 Å². The highest BCUT2D eigenvalue weighted by Gasteiger charge is 2.56. The lowest BCUT2D eigenvalue weighted by molar-refractivity contribution is 0.0637. The predicted octanol–water partition coefficient (Wildman–Crippen LogP) is 1.78. The van der Waals surface area contributed by atoms with Gasteiger partial charge in [-0.2, -0.15) is 0 Å². The van der Waals surface area contributed by atoms with E-state index < -0.39 is 0 Å². The van der Waals surface area contributed by atoms with Crippen LogP contribution in [0.3, 0.4) is 0 Å². The summed E-state index contributed by atoms with van der Waals surface area (Å²) in [6.45, 7) is 0. The maximum atomic E-state index is 9.93. The molecule has 3 aliphatic rings. The van der Waals surface area contributed by atoms with Gasteiger partial charge in [0, 0.05) is 11.3 Å². The van der Waals surface area contributed by atoms with Crippen LogP contribution in [0.15, 0.2) is 24.0 Å². The Hall–Kier alpha value is -0.760. The first kappa shape index (κ1) is 7.63. The van der Waals surface area contributed by atoms with Gasteiger partial charge in [0.2, 0.25) is 0 Å². The topological polar surface area (TPSA) is 40.5 Å². The van der Waals surface area contributed by atoms with E-state index in [2.05, 4.69) is 0 Å². The highest BCUT2D eigenvalue weighted by molar-refractivity contribution is 5.30. The molecule has 0 heterocycles. The smallest absolute Gasteiger partial charge is 0.111 e. The normalized spacial score (nSPS) is 52.1. The maximum Gasteiger partial charge on any atom is 0.111 e. The van der Waals surface area contributed by atoms with Gasteiger partial charge in [-0.3, -0.25) is 0 Å². The van der Waals surface area contributed by atoms with Crippen molar-refractivity contribution < 1.29 is 10.2 Å². The molecule has 0 aromatic rings. The second kappa shape index (κ2) is 2.18. The summed E-state index contributed by atoms with van der Waals surface area (Å²) in [6, 6.07) is 0. The average Bonchev–Trinajstić information content (AvgIpc) is 2.58. The van der Waals surface area contributed by atoms with Crippen molar-refractivity contribution in [2.45, 2.75) is 25.4 Å². The van der Waals surface area contributed by atoms with E-state index in [0.29, 0.717) is 11.7 Å². The molecule has 0 saturated heterocycles. The lowest BCUT2D eigenvalue weighted by Gasteiger charge is -2.35. The Labute approximate surface area is 77.6 Å². The summed E-state index contributed by atoms with van der Waals surface area (Å²) in [5.41, 5.74) is 0.100. The number of hydrogen-bond acceptors (Lipinski definition) is 2. The van der Waals surface area contributed by atoms with Crippen LogP contribution < -0.4 is 0 Å². The lowest BCUT2D eigenvalue weighted by atomic mass is 9.71. The Kier molecular flexibility index (Phi) is 1.28. The third-order valence-corrected chi connectivity index (χ3v) is 4.05. The molecular weight excluding hydrogens is 164 g/mol. The maximum absolute atomic E-state index is 9.93. The molecule has 0 aromatic heterocycles. The summed E-state index contributed by atoms with van der Waals surface area (Å²) in [4.78, 5) is 0. The Morgan fingerprint density at radius 3 is 3.15 bits per heavy atom. The Morgan fingerprint density at radius 1 is 1.46 bits per heavy atom. The van der Waals surface area contributed by atoms with Crippen molar-refractivity contribution in [1.82, 2.24) is 0 Å². The fraction of sp³-hybridized carbons (Fsp3) is 0.636. The quantitative estimate of drug-likeness (QED) is 0.593. The standard InChI is InChI=1S/C11H14O2/c12-8-1-2-9-10(13)7-3-4-11(9,5-7)6-8/h1-2,6-7,9-10,12-13H,3-5H2. The zero-order chi connectivity index (χ0) is 9.05. The first-order valence-corrected chi connectivity index (χ1v) is 4.99. The van der Waals surface area contributed by atoms with Crippen molar-refractivity contribution in [2.24, 2.45) is 17.3 Å². The molecular formula is C11H14O2. The summed E-state index contributed by atoms with van der Waals surface area (Å²) >= 11 is 0. The highest BCUT2D eigenvalue weighted by atomic mass is 16.3. The van der Waals surface area contributed by atoms with Gasteiger partial charge in [-0.25, -0.2) is 0 Å².